The molecule has 0 saturated heterocycles. The summed E-state index contributed by atoms with van der Waals surface area (Å²) in [5.74, 6) is 0. The standard InChI is InChI=1S/C10H24N2O/c1-4-12(3)8-6-5-7-10(2,11)9-13/h13H,4-9,11H2,1-3H3. The lowest BCUT2D eigenvalue weighted by molar-refractivity contribution is 0.195. The van der Waals surface area contributed by atoms with Crippen LogP contribution in [0, 0.1) is 0 Å². The van der Waals surface area contributed by atoms with Gasteiger partial charge in [0.15, 0.2) is 0 Å². The first kappa shape index (κ1) is 12.9. The van der Waals surface area contributed by atoms with E-state index in [2.05, 4.69) is 18.9 Å². The first-order valence-corrected chi connectivity index (χ1v) is 5.10. The number of hydrogen-bond donors (Lipinski definition) is 2. The molecule has 0 saturated carbocycles. The second-order valence-corrected chi connectivity index (χ2v) is 4.17. The monoisotopic (exact) mass is 188 g/mol. The van der Waals surface area contributed by atoms with Crippen molar-refractivity contribution >= 4 is 0 Å². The fourth-order valence-electron chi connectivity index (χ4n) is 1.15. The summed E-state index contributed by atoms with van der Waals surface area (Å²) in [6, 6.07) is 0. The van der Waals surface area contributed by atoms with Crippen molar-refractivity contribution in [3.63, 3.8) is 0 Å². The van der Waals surface area contributed by atoms with Gasteiger partial charge in [0, 0.05) is 5.54 Å². The average Bonchev–Trinajstić information content (AvgIpc) is 2.12. The molecule has 0 fully saturated rings. The molecule has 3 N–H and O–H groups in total. The maximum Gasteiger partial charge on any atom is 0.0608 e. The second-order valence-electron chi connectivity index (χ2n) is 4.17. The summed E-state index contributed by atoms with van der Waals surface area (Å²) < 4.78 is 0. The molecule has 0 amide bonds. The molecule has 0 aliphatic carbocycles. The Hall–Kier alpha value is -0.120. The Morgan fingerprint density at radius 1 is 1.38 bits per heavy atom. The van der Waals surface area contributed by atoms with Crippen molar-refractivity contribution in [2.24, 2.45) is 5.73 Å². The molecule has 0 radical (unpaired) electrons. The van der Waals surface area contributed by atoms with Crippen molar-refractivity contribution < 1.29 is 5.11 Å². The molecule has 13 heavy (non-hydrogen) atoms. The minimum Gasteiger partial charge on any atom is -0.394 e. The third-order valence-electron chi connectivity index (χ3n) is 2.44. The van der Waals surface area contributed by atoms with E-state index in [0.29, 0.717) is 0 Å². The van der Waals surface area contributed by atoms with Crippen LogP contribution in [0.3, 0.4) is 0 Å². The van der Waals surface area contributed by atoms with E-state index in [-0.39, 0.29) is 12.1 Å². The van der Waals surface area contributed by atoms with Crippen molar-refractivity contribution in [2.45, 2.75) is 38.6 Å². The van der Waals surface area contributed by atoms with Gasteiger partial charge < -0.3 is 15.7 Å². The smallest absolute Gasteiger partial charge is 0.0608 e. The summed E-state index contributed by atoms with van der Waals surface area (Å²) in [6.45, 7) is 6.35. The lowest BCUT2D eigenvalue weighted by Crippen LogP contribution is -2.40. The topological polar surface area (TPSA) is 49.5 Å². The van der Waals surface area contributed by atoms with Gasteiger partial charge in [-0.15, -0.1) is 0 Å². The van der Waals surface area contributed by atoms with Gasteiger partial charge in [-0.2, -0.15) is 0 Å². The van der Waals surface area contributed by atoms with Gasteiger partial charge in [0.05, 0.1) is 6.61 Å². The summed E-state index contributed by atoms with van der Waals surface area (Å²) in [5, 5.41) is 8.91. The van der Waals surface area contributed by atoms with E-state index < -0.39 is 0 Å². The molecule has 0 heterocycles. The Balaban J connectivity index is 3.35. The normalized spacial score (nSPS) is 16.2. The summed E-state index contributed by atoms with van der Waals surface area (Å²) in [7, 11) is 2.12. The molecule has 0 aliphatic heterocycles. The highest BCUT2D eigenvalue weighted by Gasteiger charge is 2.15. The third kappa shape index (κ3) is 6.99. The second kappa shape index (κ2) is 6.35. The molecule has 3 heteroatoms. The van der Waals surface area contributed by atoms with Crippen LogP contribution in [-0.4, -0.2) is 42.3 Å². The molecular formula is C10H24N2O. The lowest BCUT2D eigenvalue weighted by atomic mass is 9.97. The molecule has 0 aromatic heterocycles. The minimum absolute atomic E-state index is 0.0800. The molecule has 80 valence electrons. The Bertz CT molecular complexity index is 126. The summed E-state index contributed by atoms with van der Waals surface area (Å²) in [4.78, 5) is 2.28. The summed E-state index contributed by atoms with van der Waals surface area (Å²) in [6.07, 6.45) is 3.16. The Kier molecular flexibility index (Phi) is 6.29. The number of aliphatic hydroxyl groups excluding tert-OH is 1. The summed E-state index contributed by atoms with van der Waals surface area (Å²) >= 11 is 0. The zero-order valence-electron chi connectivity index (χ0n) is 9.21. The Morgan fingerprint density at radius 2 is 2.00 bits per heavy atom. The molecule has 0 aromatic carbocycles. The largest absolute Gasteiger partial charge is 0.394 e. The van der Waals surface area contributed by atoms with Crippen molar-refractivity contribution in [3.8, 4) is 0 Å². The van der Waals surface area contributed by atoms with Crippen molar-refractivity contribution in [3.05, 3.63) is 0 Å². The molecule has 0 bridgehead atoms. The fourth-order valence-corrected chi connectivity index (χ4v) is 1.15. The molecular weight excluding hydrogens is 164 g/mol. The zero-order chi connectivity index (χ0) is 10.3. The maximum atomic E-state index is 8.91. The predicted molar refractivity (Wildman–Crippen MR) is 56.7 cm³/mol. The van der Waals surface area contributed by atoms with Crippen LogP contribution in [0.2, 0.25) is 0 Å². The van der Waals surface area contributed by atoms with E-state index in [9.17, 15) is 0 Å². The minimum atomic E-state index is -0.384. The number of hydrogen-bond acceptors (Lipinski definition) is 3. The van der Waals surface area contributed by atoms with Gasteiger partial charge >= 0.3 is 0 Å². The Morgan fingerprint density at radius 3 is 2.46 bits per heavy atom. The molecule has 0 rings (SSSR count). The third-order valence-corrected chi connectivity index (χ3v) is 2.44. The van der Waals surface area contributed by atoms with E-state index in [1.54, 1.807) is 0 Å². The van der Waals surface area contributed by atoms with Gasteiger partial charge in [-0.25, -0.2) is 0 Å². The van der Waals surface area contributed by atoms with E-state index in [1.165, 1.54) is 0 Å². The van der Waals surface area contributed by atoms with Gasteiger partial charge in [0.1, 0.15) is 0 Å². The van der Waals surface area contributed by atoms with Gasteiger partial charge in [-0.3, -0.25) is 0 Å². The molecule has 1 unspecified atom stereocenters. The lowest BCUT2D eigenvalue weighted by Gasteiger charge is -2.22. The number of rotatable bonds is 7. The van der Waals surface area contributed by atoms with Gasteiger partial charge in [0.25, 0.3) is 0 Å². The number of nitrogens with zero attached hydrogens (tertiary/aromatic N) is 1. The highest BCUT2D eigenvalue weighted by Crippen LogP contribution is 2.09. The van der Waals surface area contributed by atoms with Crippen LogP contribution in [0.25, 0.3) is 0 Å². The highest BCUT2D eigenvalue weighted by molar-refractivity contribution is 4.76. The molecule has 3 nitrogen and oxygen atoms in total. The molecule has 1 atom stereocenters. The summed E-state index contributed by atoms with van der Waals surface area (Å²) in [5.41, 5.74) is 5.42. The fraction of sp³-hybridized carbons (Fsp3) is 1.00. The van der Waals surface area contributed by atoms with Crippen molar-refractivity contribution in [2.75, 3.05) is 26.7 Å². The number of nitrogens with two attached hydrogens (primary N) is 1. The van der Waals surface area contributed by atoms with Crippen LogP contribution in [0.4, 0.5) is 0 Å². The van der Waals surface area contributed by atoms with Crippen molar-refractivity contribution in [1.29, 1.82) is 0 Å². The van der Waals surface area contributed by atoms with Crippen LogP contribution < -0.4 is 5.73 Å². The zero-order valence-corrected chi connectivity index (χ0v) is 9.21. The molecule has 0 spiro atoms. The number of unbranched alkanes of at least 4 members (excludes halogenated alkanes) is 1. The van der Waals surface area contributed by atoms with Crippen LogP contribution in [-0.2, 0) is 0 Å². The van der Waals surface area contributed by atoms with E-state index in [1.807, 2.05) is 6.92 Å². The van der Waals surface area contributed by atoms with Gasteiger partial charge in [-0.05, 0) is 39.9 Å². The van der Waals surface area contributed by atoms with Crippen LogP contribution in [0.1, 0.15) is 33.1 Å². The van der Waals surface area contributed by atoms with Crippen molar-refractivity contribution in [1.82, 2.24) is 4.90 Å². The van der Waals surface area contributed by atoms with Gasteiger partial charge in [0.2, 0.25) is 0 Å². The number of aliphatic hydroxyl groups is 1. The maximum absolute atomic E-state index is 8.91. The van der Waals surface area contributed by atoms with Crippen LogP contribution >= 0.6 is 0 Å². The molecule has 0 aliphatic rings. The SMILES string of the molecule is CCN(C)CCCCC(C)(N)CO. The Labute approximate surface area is 81.9 Å². The van der Waals surface area contributed by atoms with E-state index in [0.717, 1.165) is 32.4 Å². The quantitative estimate of drug-likeness (QED) is 0.582. The first-order chi connectivity index (χ1) is 6.02. The van der Waals surface area contributed by atoms with Gasteiger partial charge in [-0.1, -0.05) is 13.3 Å². The van der Waals surface area contributed by atoms with Crippen LogP contribution in [0.15, 0.2) is 0 Å². The highest BCUT2D eigenvalue weighted by atomic mass is 16.3. The van der Waals surface area contributed by atoms with Crippen LogP contribution in [0.5, 0.6) is 0 Å². The first-order valence-electron chi connectivity index (χ1n) is 5.10. The molecule has 0 aromatic rings. The predicted octanol–water partition coefficient (Wildman–Crippen LogP) is 0.818. The van der Waals surface area contributed by atoms with E-state index >= 15 is 0 Å². The average molecular weight is 188 g/mol. The van der Waals surface area contributed by atoms with E-state index in [4.69, 9.17) is 10.8 Å².